The van der Waals surface area contributed by atoms with Gasteiger partial charge in [0.1, 0.15) is 11.6 Å². The summed E-state index contributed by atoms with van der Waals surface area (Å²) in [6.07, 6.45) is 2.46. The third kappa shape index (κ3) is 4.20. The van der Waals surface area contributed by atoms with Crippen molar-refractivity contribution in [1.29, 1.82) is 0 Å². The van der Waals surface area contributed by atoms with Gasteiger partial charge in [-0.1, -0.05) is 24.3 Å². The fourth-order valence-corrected chi connectivity index (χ4v) is 4.91. The first-order valence-corrected chi connectivity index (χ1v) is 10.8. The monoisotopic (exact) mass is 399 g/mol. The predicted octanol–water partition coefficient (Wildman–Crippen LogP) is 3.51. The van der Waals surface area contributed by atoms with Gasteiger partial charge >= 0.3 is 0 Å². The molecule has 1 aromatic carbocycles. The van der Waals surface area contributed by atoms with Gasteiger partial charge in [-0.15, -0.1) is 0 Å². The van der Waals surface area contributed by atoms with Crippen molar-refractivity contribution in [1.82, 2.24) is 15.1 Å². The van der Waals surface area contributed by atoms with Crippen LogP contribution in [0.3, 0.4) is 0 Å². The van der Waals surface area contributed by atoms with Crippen molar-refractivity contribution in [3.8, 4) is 0 Å². The lowest BCUT2D eigenvalue weighted by molar-refractivity contribution is -0.162. The van der Waals surface area contributed by atoms with E-state index in [1.165, 1.54) is 11.1 Å². The minimum atomic E-state index is -0.582. The first kappa shape index (κ1) is 21.8. The summed E-state index contributed by atoms with van der Waals surface area (Å²) in [7, 11) is 0. The molecule has 1 N–H and O–H groups in total. The number of benzene rings is 1. The first-order chi connectivity index (χ1) is 13.3. The van der Waals surface area contributed by atoms with Gasteiger partial charge in [0.15, 0.2) is 0 Å². The molecule has 1 aromatic rings. The quantitative estimate of drug-likeness (QED) is 0.828. The Morgan fingerprint density at radius 2 is 1.72 bits per heavy atom. The van der Waals surface area contributed by atoms with Crippen LogP contribution >= 0.6 is 0 Å². The van der Waals surface area contributed by atoms with E-state index >= 15 is 0 Å². The van der Waals surface area contributed by atoms with Crippen LogP contribution in [0.4, 0.5) is 0 Å². The fraction of sp³-hybridized carbons (Fsp3) is 0.667. The first-order valence-electron chi connectivity index (χ1n) is 10.8. The van der Waals surface area contributed by atoms with Gasteiger partial charge in [0.2, 0.25) is 11.8 Å². The summed E-state index contributed by atoms with van der Waals surface area (Å²) in [6, 6.07) is 7.98. The fourth-order valence-electron chi connectivity index (χ4n) is 4.91. The standard InChI is InChI=1S/C24H37N3O2/c1-17(20(28)25-22(2,3)4)26-14-10-13-24(21(26)29)15-18-11-8-9-12-19(18)16-27(24)23(5,6)7/h8-9,11-12,17H,10,13-16H2,1-7H3,(H,25,28). The van der Waals surface area contributed by atoms with E-state index in [4.69, 9.17) is 0 Å². The van der Waals surface area contributed by atoms with Crippen molar-refractivity contribution in [2.24, 2.45) is 0 Å². The van der Waals surface area contributed by atoms with Crippen molar-refractivity contribution >= 4 is 11.8 Å². The van der Waals surface area contributed by atoms with E-state index in [1.54, 1.807) is 0 Å². The molecule has 1 spiro atoms. The summed E-state index contributed by atoms with van der Waals surface area (Å²) in [6.45, 7) is 15.7. The van der Waals surface area contributed by atoms with Gasteiger partial charge in [0, 0.05) is 30.6 Å². The molecule has 2 atom stereocenters. The van der Waals surface area contributed by atoms with E-state index in [2.05, 4.69) is 55.3 Å². The van der Waals surface area contributed by atoms with E-state index < -0.39 is 11.6 Å². The summed E-state index contributed by atoms with van der Waals surface area (Å²) < 4.78 is 0. The van der Waals surface area contributed by atoms with E-state index in [0.717, 1.165) is 19.4 Å². The molecule has 2 heterocycles. The molecule has 1 fully saturated rings. The van der Waals surface area contributed by atoms with Crippen LogP contribution in [0.1, 0.15) is 72.4 Å². The smallest absolute Gasteiger partial charge is 0.244 e. The summed E-state index contributed by atoms with van der Waals surface area (Å²) in [4.78, 5) is 31.0. The van der Waals surface area contributed by atoms with Crippen LogP contribution < -0.4 is 5.32 Å². The largest absolute Gasteiger partial charge is 0.350 e. The van der Waals surface area contributed by atoms with Gasteiger partial charge in [0.25, 0.3) is 0 Å². The average Bonchev–Trinajstić information content (AvgIpc) is 2.60. The molecule has 5 heteroatoms. The average molecular weight is 400 g/mol. The number of hydrogen-bond donors (Lipinski definition) is 1. The topological polar surface area (TPSA) is 52.7 Å². The third-order valence-electron chi connectivity index (χ3n) is 6.25. The zero-order valence-corrected chi connectivity index (χ0v) is 19.1. The molecule has 2 unspecified atom stereocenters. The Balaban J connectivity index is 1.96. The van der Waals surface area contributed by atoms with E-state index in [-0.39, 0.29) is 22.9 Å². The van der Waals surface area contributed by atoms with Gasteiger partial charge in [-0.25, -0.2) is 0 Å². The van der Waals surface area contributed by atoms with Crippen molar-refractivity contribution in [3.63, 3.8) is 0 Å². The van der Waals surface area contributed by atoms with Crippen molar-refractivity contribution < 1.29 is 9.59 Å². The van der Waals surface area contributed by atoms with Gasteiger partial charge < -0.3 is 10.2 Å². The van der Waals surface area contributed by atoms with E-state index in [9.17, 15) is 9.59 Å². The zero-order valence-electron chi connectivity index (χ0n) is 19.1. The second kappa shape index (κ2) is 7.42. The number of nitrogens with zero attached hydrogens (tertiary/aromatic N) is 2. The lowest BCUT2D eigenvalue weighted by atomic mass is 9.74. The van der Waals surface area contributed by atoms with Gasteiger partial charge in [-0.3, -0.25) is 14.5 Å². The highest BCUT2D eigenvalue weighted by molar-refractivity contribution is 5.93. The zero-order chi connectivity index (χ0) is 21.6. The molecule has 0 radical (unpaired) electrons. The highest BCUT2D eigenvalue weighted by Gasteiger charge is 2.54. The van der Waals surface area contributed by atoms with Crippen molar-refractivity contribution in [3.05, 3.63) is 35.4 Å². The summed E-state index contributed by atoms with van der Waals surface area (Å²) in [5, 5.41) is 3.04. The lowest BCUT2D eigenvalue weighted by Gasteiger charge is -2.56. The van der Waals surface area contributed by atoms with Crippen LogP contribution in [0.5, 0.6) is 0 Å². The number of rotatable bonds is 2. The molecule has 0 aliphatic carbocycles. The van der Waals surface area contributed by atoms with Crippen molar-refractivity contribution in [2.75, 3.05) is 6.54 Å². The number of piperidine rings is 1. The van der Waals surface area contributed by atoms with Crippen LogP contribution in [0, 0.1) is 0 Å². The number of amides is 2. The molecular weight excluding hydrogens is 362 g/mol. The van der Waals surface area contributed by atoms with Crippen LogP contribution in [0.15, 0.2) is 24.3 Å². The molecular formula is C24H37N3O2. The maximum atomic E-state index is 14.0. The number of nitrogens with one attached hydrogen (secondary N) is 1. The third-order valence-corrected chi connectivity index (χ3v) is 6.25. The Morgan fingerprint density at radius 3 is 2.31 bits per heavy atom. The second-order valence-electron chi connectivity index (χ2n) is 10.8. The number of hydrogen-bond acceptors (Lipinski definition) is 3. The normalized spacial score (nSPS) is 24.4. The van der Waals surface area contributed by atoms with Crippen LogP contribution in [-0.4, -0.2) is 50.8 Å². The number of fused-ring (bicyclic) bond motifs is 1. The number of likely N-dealkylation sites (tertiary alicyclic amines) is 1. The predicted molar refractivity (Wildman–Crippen MR) is 116 cm³/mol. The van der Waals surface area contributed by atoms with Crippen LogP contribution in [0.25, 0.3) is 0 Å². The molecule has 2 aliphatic rings. The molecule has 3 rings (SSSR count). The minimum absolute atomic E-state index is 0.0820. The molecule has 5 nitrogen and oxygen atoms in total. The molecule has 29 heavy (non-hydrogen) atoms. The molecule has 1 saturated heterocycles. The minimum Gasteiger partial charge on any atom is -0.350 e. The maximum absolute atomic E-state index is 14.0. The molecule has 0 bridgehead atoms. The van der Waals surface area contributed by atoms with Crippen LogP contribution in [0.2, 0.25) is 0 Å². The second-order valence-corrected chi connectivity index (χ2v) is 10.8. The number of carbonyl (C=O) groups excluding carboxylic acids is 2. The van der Waals surface area contributed by atoms with E-state index in [0.29, 0.717) is 13.0 Å². The summed E-state index contributed by atoms with van der Waals surface area (Å²) in [5.41, 5.74) is 1.51. The highest BCUT2D eigenvalue weighted by Crippen LogP contribution is 2.42. The Kier molecular flexibility index (Phi) is 5.59. The Bertz CT molecular complexity index is 790. The molecule has 0 saturated carbocycles. The molecule has 2 amide bonds. The van der Waals surface area contributed by atoms with E-state index in [1.807, 2.05) is 32.6 Å². The van der Waals surface area contributed by atoms with Gasteiger partial charge in [0.05, 0.1) is 0 Å². The van der Waals surface area contributed by atoms with Gasteiger partial charge in [-0.2, -0.15) is 0 Å². The lowest BCUT2D eigenvalue weighted by Crippen LogP contribution is -2.70. The Morgan fingerprint density at radius 1 is 1.10 bits per heavy atom. The van der Waals surface area contributed by atoms with Crippen molar-refractivity contribution in [2.45, 2.75) is 96.9 Å². The maximum Gasteiger partial charge on any atom is 0.244 e. The highest BCUT2D eigenvalue weighted by atomic mass is 16.2. The SMILES string of the molecule is CC(C(=O)NC(C)(C)C)N1CCCC2(Cc3ccccc3CN2C(C)(C)C)C1=O. The Labute approximate surface area is 175 Å². The Hall–Kier alpha value is -1.88. The molecule has 160 valence electrons. The summed E-state index contributed by atoms with van der Waals surface area (Å²) >= 11 is 0. The van der Waals surface area contributed by atoms with Crippen LogP contribution in [-0.2, 0) is 22.6 Å². The molecule has 2 aliphatic heterocycles. The molecule has 0 aromatic heterocycles. The van der Waals surface area contributed by atoms with Gasteiger partial charge in [-0.05, 0) is 72.4 Å². The number of carbonyl (C=O) groups is 2. The summed E-state index contributed by atoms with van der Waals surface area (Å²) in [5.74, 6) is 0.0196.